The molecule has 1 aromatic carbocycles. The van der Waals surface area contributed by atoms with Crippen molar-refractivity contribution in [2.75, 3.05) is 39.5 Å². The first-order valence-corrected chi connectivity index (χ1v) is 7.62. The third-order valence-corrected chi connectivity index (χ3v) is 3.55. The van der Waals surface area contributed by atoms with E-state index >= 15 is 0 Å². The van der Waals surface area contributed by atoms with Crippen molar-refractivity contribution in [2.24, 2.45) is 10.7 Å². The van der Waals surface area contributed by atoms with Gasteiger partial charge in [-0.2, -0.15) is 0 Å². The van der Waals surface area contributed by atoms with Crippen molar-refractivity contribution in [3.8, 4) is 5.75 Å². The van der Waals surface area contributed by atoms with Crippen LogP contribution in [0.4, 0.5) is 0 Å². The highest BCUT2D eigenvalue weighted by molar-refractivity contribution is 14.0. The summed E-state index contributed by atoms with van der Waals surface area (Å²) in [6.45, 7) is 6.23. The van der Waals surface area contributed by atoms with Gasteiger partial charge < -0.3 is 20.1 Å². The largest absolute Gasteiger partial charge is 0.494 e. The van der Waals surface area contributed by atoms with Crippen molar-refractivity contribution in [3.05, 3.63) is 28.8 Å². The first-order valence-electron chi connectivity index (χ1n) is 7.24. The van der Waals surface area contributed by atoms with Crippen molar-refractivity contribution in [3.63, 3.8) is 0 Å². The highest BCUT2D eigenvalue weighted by atomic mass is 127. The molecule has 2 rings (SSSR count). The fourth-order valence-electron chi connectivity index (χ4n) is 2.22. The molecule has 1 fully saturated rings. The summed E-state index contributed by atoms with van der Waals surface area (Å²) in [6.07, 6.45) is 0.751. The number of hydrogen-bond donors (Lipinski definition) is 1. The molecule has 0 saturated carbocycles. The van der Waals surface area contributed by atoms with Gasteiger partial charge in [-0.1, -0.05) is 11.6 Å². The van der Waals surface area contributed by atoms with E-state index in [0.29, 0.717) is 37.3 Å². The summed E-state index contributed by atoms with van der Waals surface area (Å²) in [6, 6.07) is 5.66. The van der Waals surface area contributed by atoms with Gasteiger partial charge >= 0.3 is 0 Å². The molecule has 1 aliphatic heterocycles. The SMILES string of the molecule is CCOc1ccc(Cl)cc1CCN=C(N)N1CCOCC1.I. The number of rotatable bonds is 5. The smallest absolute Gasteiger partial charge is 0.191 e. The molecule has 0 spiro atoms. The minimum Gasteiger partial charge on any atom is -0.494 e. The minimum atomic E-state index is 0. The predicted octanol–water partition coefficient (Wildman–Crippen LogP) is 2.55. The van der Waals surface area contributed by atoms with Crippen LogP contribution in [0.5, 0.6) is 5.75 Å². The average Bonchev–Trinajstić information content (AvgIpc) is 2.51. The van der Waals surface area contributed by atoms with E-state index in [1.807, 2.05) is 30.0 Å². The molecule has 0 radical (unpaired) electrons. The van der Waals surface area contributed by atoms with Gasteiger partial charge in [-0.05, 0) is 37.1 Å². The van der Waals surface area contributed by atoms with E-state index < -0.39 is 0 Å². The number of nitrogens with two attached hydrogens (primary N) is 1. The molecule has 0 unspecified atom stereocenters. The average molecular weight is 440 g/mol. The zero-order valence-corrected chi connectivity index (χ0v) is 15.8. The van der Waals surface area contributed by atoms with Gasteiger partial charge in [0.1, 0.15) is 5.75 Å². The Morgan fingerprint density at radius 1 is 1.41 bits per heavy atom. The quantitative estimate of drug-likeness (QED) is 0.435. The Hall–Kier alpha value is -0.730. The molecular weight excluding hydrogens is 417 g/mol. The van der Waals surface area contributed by atoms with Gasteiger partial charge in [0.25, 0.3) is 0 Å². The van der Waals surface area contributed by atoms with Crippen LogP contribution in [0.3, 0.4) is 0 Å². The van der Waals surface area contributed by atoms with Gasteiger partial charge in [0.15, 0.2) is 5.96 Å². The van der Waals surface area contributed by atoms with Crippen LogP contribution in [0.2, 0.25) is 5.02 Å². The molecule has 2 N–H and O–H groups in total. The van der Waals surface area contributed by atoms with Crippen LogP contribution in [-0.4, -0.2) is 50.3 Å². The second-order valence-electron chi connectivity index (χ2n) is 4.77. The van der Waals surface area contributed by atoms with Crippen LogP contribution in [0.1, 0.15) is 12.5 Å². The molecule has 7 heteroatoms. The fraction of sp³-hybridized carbons (Fsp3) is 0.533. The summed E-state index contributed by atoms with van der Waals surface area (Å²) in [5, 5.41) is 0.707. The van der Waals surface area contributed by atoms with E-state index in [4.69, 9.17) is 26.8 Å². The predicted molar refractivity (Wildman–Crippen MR) is 101 cm³/mol. The van der Waals surface area contributed by atoms with Gasteiger partial charge in [-0.25, -0.2) is 0 Å². The molecule has 0 aromatic heterocycles. The molecule has 124 valence electrons. The Kier molecular flexibility index (Phi) is 8.89. The lowest BCUT2D eigenvalue weighted by molar-refractivity contribution is 0.0674. The molecular formula is C15H23ClIN3O2. The molecule has 1 saturated heterocycles. The van der Waals surface area contributed by atoms with Crippen molar-refractivity contribution in [1.82, 2.24) is 4.90 Å². The van der Waals surface area contributed by atoms with Gasteiger partial charge in [-0.3, -0.25) is 4.99 Å². The van der Waals surface area contributed by atoms with Crippen molar-refractivity contribution in [2.45, 2.75) is 13.3 Å². The molecule has 0 atom stereocenters. The van der Waals surface area contributed by atoms with Crippen LogP contribution < -0.4 is 10.5 Å². The summed E-state index contributed by atoms with van der Waals surface area (Å²) in [4.78, 5) is 6.49. The standard InChI is InChI=1S/C15H22ClN3O2.HI/c1-2-21-14-4-3-13(16)11-12(14)5-6-18-15(17)19-7-9-20-10-8-19;/h3-4,11H,2,5-10H2,1H3,(H2,17,18);1H. The van der Waals surface area contributed by atoms with Crippen LogP contribution in [-0.2, 0) is 11.2 Å². The summed E-state index contributed by atoms with van der Waals surface area (Å²) in [7, 11) is 0. The highest BCUT2D eigenvalue weighted by Crippen LogP contribution is 2.23. The van der Waals surface area contributed by atoms with E-state index in [0.717, 1.165) is 30.8 Å². The Labute approximate surface area is 153 Å². The third-order valence-electron chi connectivity index (χ3n) is 3.31. The number of ether oxygens (including phenoxy) is 2. The van der Waals surface area contributed by atoms with Crippen LogP contribution in [0.25, 0.3) is 0 Å². The maximum atomic E-state index is 6.04. The lowest BCUT2D eigenvalue weighted by Crippen LogP contribution is -2.44. The number of nitrogens with zero attached hydrogens (tertiary/aromatic N) is 2. The number of hydrogen-bond acceptors (Lipinski definition) is 3. The summed E-state index contributed by atoms with van der Waals surface area (Å²) in [5.41, 5.74) is 7.06. The monoisotopic (exact) mass is 439 g/mol. The summed E-state index contributed by atoms with van der Waals surface area (Å²) in [5.74, 6) is 1.44. The highest BCUT2D eigenvalue weighted by Gasteiger charge is 2.12. The first-order chi connectivity index (χ1) is 10.2. The van der Waals surface area contributed by atoms with E-state index in [1.54, 1.807) is 0 Å². The van der Waals surface area contributed by atoms with Crippen molar-refractivity contribution in [1.29, 1.82) is 0 Å². The van der Waals surface area contributed by atoms with Crippen LogP contribution >= 0.6 is 35.6 Å². The number of morpholine rings is 1. The zero-order chi connectivity index (χ0) is 15.1. The summed E-state index contributed by atoms with van der Waals surface area (Å²) < 4.78 is 10.9. The molecule has 5 nitrogen and oxygen atoms in total. The van der Waals surface area contributed by atoms with Crippen LogP contribution in [0, 0.1) is 0 Å². The number of guanidine groups is 1. The maximum absolute atomic E-state index is 6.04. The fourth-order valence-corrected chi connectivity index (χ4v) is 2.42. The van der Waals surface area contributed by atoms with E-state index in [1.165, 1.54) is 0 Å². The molecule has 1 heterocycles. The summed E-state index contributed by atoms with van der Waals surface area (Å²) >= 11 is 6.04. The Morgan fingerprint density at radius 3 is 2.82 bits per heavy atom. The Morgan fingerprint density at radius 2 is 2.14 bits per heavy atom. The molecule has 0 amide bonds. The van der Waals surface area contributed by atoms with Gasteiger partial charge in [-0.15, -0.1) is 24.0 Å². The third kappa shape index (κ3) is 5.81. The second-order valence-corrected chi connectivity index (χ2v) is 5.21. The van der Waals surface area contributed by atoms with Crippen molar-refractivity contribution < 1.29 is 9.47 Å². The molecule has 0 bridgehead atoms. The molecule has 1 aromatic rings. The van der Waals surface area contributed by atoms with Crippen LogP contribution in [0.15, 0.2) is 23.2 Å². The maximum Gasteiger partial charge on any atom is 0.191 e. The van der Waals surface area contributed by atoms with E-state index in [-0.39, 0.29) is 24.0 Å². The molecule has 1 aliphatic rings. The molecule has 0 aliphatic carbocycles. The second kappa shape index (κ2) is 10.1. The Bertz CT molecular complexity index is 494. The topological polar surface area (TPSA) is 60.1 Å². The van der Waals surface area contributed by atoms with Gasteiger partial charge in [0.2, 0.25) is 0 Å². The normalized spacial score (nSPS) is 15.4. The van der Waals surface area contributed by atoms with E-state index in [2.05, 4.69) is 4.99 Å². The van der Waals surface area contributed by atoms with Gasteiger partial charge in [0, 0.05) is 24.7 Å². The number of halogens is 2. The lowest BCUT2D eigenvalue weighted by Gasteiger charge is -2.27. The zero-order valence-electron chi connectivity index (χ0n) is 12.8. The molecule has 22 heavy (non-hydrogen) atoms. The first kappa shape index (κ1) is 19.3. The minimum absolute atomic E-state index is 0. The Balaban J connectivity index is 0.00000242. The number of benzene rings is 1. The lowest BCUT2D eigenvalue weighted by atomic mass is 10.1. The van der Waals surface area contributed by atoms with Gasteiger partial charge in [0.05, 0.1) is 19.8 Å². The van der Waals surface area contributed by atoms with E-state index in [9.17, 15) is 0 Å². The number of aliphatic imine (C=N–C) groups is 1. The van der Waals surface area contributed by atoms with Crippen molar-refractivity contribution >= 4 is 41.5 Å².